The van der Waals surface area contributed by atoms with Gasteiger partial charge in [0.2, 0.25) is 0 Å². The molecule has 0 spiro atoms. The summed E-state index contributed by atoms with van der Waals surface area (Å²) in [5.74, 6) is -0.264. The average molecular weight is 307 g/mol. The maximum atomic E-state index is 11.6. The van der Waals surface area contributed by atoms with E-state index in [0.29, 0.717) is 10.1 Å². The summed E-state index contributed by atoms with van der Waals surface area (Å²) < 4.78 is 5.86. The highest BCUT2D eigenvalue weighted by molar-refractivity contribution is 8.00. The van der Waals surface area contributed by atoms with Gasteiger partial charge in [0, 0.05) is 27.9 Å². The minimum absolute atomic E-state index is 0.264. The van der Waals surface area contributed by atoms with Gasteiger partial charge in [-0.25, -0.2) is 4.79 Å². The van der Waals surface area contributed by atoms with Crippen LogP contribution in [-0.4, -0.2) is 23.3 Å². The van der Waals surface area contributed by atoms with Gasteiger partial charge in [0.25, 0.3) is 0 Å². The van der Waals surface area contributed by atoms with Gasteiger partial charge in [-0.1, -0.05) is 19.3 Å². The summed E-state index contributed by atoms with van der Waals surface area (Å²) in [6, 6.07) is 1.94. The second-order valence-electron chi connectivity index (χ2n) is 5.03. The van der Waals surface area contributed by atoms with Crippen LogP contribution in [0.4, 0.5) is 0 Å². The molecule has 5 heteroatoms. The number of fused-ring (bicyclic) bond motifs is 1. The Bertz CT molecular complexity index is 617. The molecule has 3 rings (SSSR count). The Balaban J connectivity index is 1.90. The summed E-state index contributed by atoms with van der Waals surface area (Å²) in [4.78, 5) is 17.8. The molecule has 0 saturated heterocycles. The van der Waals surface area contributed by atoms with Crippen molar-refractivity contribution < 1.29 is 9.53 Å². The molecule has 1 aliphatic carbocycles. The predicted octanol–water partition coefficient (Wildman–Crippen LogP) is 4.51. The highest BCUT2D eigenvalue weighted by Crippen LogP contribution is 2.38. The number of carbonyl (C=O) groups excluding carboxylic acids is 1. The van der Waals surface area contributed by atoms with E-state index in [4.69, 9.17) is 4.74 Å². The number of ether oxygens (including phenoxy) is 1. The molecular weight excluding hydrogens is 290 g/mol. The molecule has 0 amide bonds. The number of esters is 1. The first kappa shape index (κ1) is 13.9. The van der Waals surface area contributed by atoms with Crippen LogP contribution in [0.1, 0.15) is 41.8 Å². The van der Waals surface area contributed by atoms with E-state index < -0.39 is 0 Å². The Kier molecular flexibility index (Phi) is 4.27. The molecule has 2 aromatic heterocycles. The standard InChI is InChI=1S/C15H17NO2S2/c1-18-15(17)12-7-11-13(8-16-9-14(11)20-12)19-10-5-3-2-4-6-10/h7-10H,2-6H2,1H3. The van der Waals surface area contributed by atoms with Crippen LogP contribution in [0, 0.1) is 0 Å². The summed E-state index contributed by atoms with van der Waals surface area (Å²) >= 11 is 3.37. The highest BCUT2D eigenvalue weighted by atomic mass is 32.2. The molecule has 2 heterocycles. The fraction of sp³-hybridized carbons (Fsp3) is 0.467. The number of nitrogens with zero attached hydrogens (tertiary/aromatic N) is 1. The maximum Gasteiger partial charge on any atom is 0.348 e. The third-order valence-corrected chi connectivity index (χ3v) is 6.08. The maximum absolute atomic E-state index is 11.6. The fourth-order valence-electron chi connectivity index (χ4n) is 2.59. The third-order valence-electron chi connectivity index (χ3n) is 3.64. The Morgan fingerprint density at radius 3 is 2.90 bits per heavy atom. The molecule has 0 atom stereocenters. The molecule has 1 aliphatic rings. The van der Waals surface area contributed by atoms with Gasteiger partial charge < -0.3 is 4.74 Å². The van der Waals surface area contributed by atoms with E-state index in [1.165, 1.54) is 55.4 Å². The molecule has 0 bridgehead atoms. The smallest absolute Gasteiger partial charge is 0.348 e. The van der Waals surface area contributed by atoms with Gasteiger partial charge in [0.1, 0.15) is 4.88 Å². The van der Waals surface area contributed by atoms with Crippen LogP contribution in [0.3, 0.4) is 0 Å². The van der Waals surface area contributed by atoms with Gasteiger partial charge >= 0.3 is 5.97 Å². The van der Waals surface area contributed by atoms with Crippen molar-refractivity contribution >= 4 is 39.2 Å². The summed E-state index contributed by atoms with van der Waals surface area (Å²) in [5.41, 5.74) is 0. The molecule has 1 saturated carbocycles. The predicted molar refractivity (Wildman–Crippen MR) is 83.7 cm³/mol. The van der Waals surface area contributed by atoms with Crippen LogP contribution in [-0.2, 0) is 4.74 Å². The molecule has 0 unspecified atom stereocenters. The molecule has 2 aromatic rings. The molecule has 106 valence electrons. The number of methoxy groups -OCH3 is 1. The summed E-state index contributed by atoms with van der Waals surface area (Å²) in [7, 11) is 1.42. The van der Waals surface area contributed by atoms with Crippen LogP contribution in [0.5, 0.6) is 0 Å². The van der Waals surface area contributed by atoms with Crippen LogP contribution in [0.15, 0.2) is 23.4 Å². The SMILES string of the molecule is COC(=O)c1cc2c(SC3CCCCC3)cncc2s1. The summed E-state index contributed by atoms with van der Waals surface area (Å²) in [6.45, 7) is 0. The van der Waals surface area contributed by atoms with Crippen LogP contribution >= 0.6 is 23.1 Å². The van der Waals surface area contributed by atoms with Crippen molar-refractivity contribution in [2.75, 3.05) is 7.11 Å². The molecule has 20 heavy (non-hydrogen) atoms. The number of hydrogen-bond donors (Lipinski definition) is 0. The summed E-state index contributed by atoms with van der Waals surface area (Å²) in [6.07, 6.45) is 10.4. The van der Waals surface area contributed by atoms with Crippen molar-refractivity contribution in [3.05, 3.63) is 23.3 Å². The minimum Gasteiger partial charge on any atom is -0.465 e. The zero-order chi connectivity index (χ0) is 13.9. The van der Waals surface area contributed by atoms with E-state index in [1.807, 2.05) is 30.2 Å². The highest BCUT2D eigenvalue weighted by Gasteiger charge is 2.18. The van der Waals surface area contributed by atoms with Crippen molar-refractivity contribution in [2.24, 2.45) is 0 Å². The quantitative estimate of drug-likeness (QED) is 0.782. The van der Waals surface area contributed by atoms with E-state index in [-0.39, 0.29) is 5.97 Å². The van der Waals surface area contributed by atoms with Crippen LogP contribution < -0.4 is 0 Å². The zero-order valence-electron chi connectivity index (χ0n) is 11.4. The lowest BCUT2D eigenvalue weighted by Gasteiger charge is -2.20. The first-order chi connectivity index (χ1) is 9.78. The lowest BCUT2D eigenvalue weighted by atomic mass is 10.0. The lowest BCUT2D eigenvalue weighted by molar-refractivity contribution is 0.0606. The molecule has 1 fully saturated rings. The number of rotatable bonds is 3. The normalized spacial score (nSPS) is 16.4. The fourth-order valence-corrected chi connectivity index (χ4v) is 4.98. The lowest BCUT2D eigenvalue weighted by Crippen LogP contribution is -2.07. The minimum atomic E-state index is -0.264. The molecular formula is C15H17NO2S2. The Labute approximate surface area is 126 Å². The van der Waals surface area contributed by atoms with Gasteiger partial charge in [0.15, 0.2) is 0 Å². The van der Waals surface area contributed by atoms with Gasteiger partial charge in [-0.15, -0.1) is 23.1 Å². The molecule has 0 aliphatic heterocycles. The van der Waals surface area contributed by atoms with Gasteiger partial charge in [-0.2, -0.15) is 0 Å². The average Bonchev–Trinajstić information content (AvgIpc) is 2.93. The monoisotopic (exact) mass is 307 g/mol. The topological polar surface area (TPSA) is 39.2 Å². The first-order valence-corrected chi connectivity index (χ1v) is 8.60. The molecule has 0 N–H and O–H groups in total. The van der Waals surface area contributed by atoms with E-state index in [1.54, 1.807) is 0 Å². The van der Waals surface area contributed by atoms with Crippen molar-refractivity contribution in [3.63, 3.8) is 0 Å². The number of thiophene rings is 1. The Morgan fingerprint density at radius 1 is 1.35 bits per heavy atom. The second kappa shape index (κ2) is 6.14. The Morgan fingerprint density at radius 2 is 2.15 bits per heavy atom. The Hall–Kier alpha value is -1.07. The largest absolute Gasteiger partial charge is 0.465 e. The van der Waals surface area contributed by atoms with Crippen molar-refractivity contribution in [2.45, 2.75) is 42.2 Å². The summed E-state index contributed by atoms with van der Waals surface area (Å²) in [5, 5.41) is 1.83. The van der Waals surface area contributed by atoms with E-state index in [0.717, 1.165) is 10.1 Å². The van der Waals surface area contributed by atoms with E-state index >= 15 is 0 Å². The first-order valence-electron chi connectivity index (χ1n) is 6.90. The number of carbonyl (C=O) groups is 1. The number of pyridine rings is 1. The third kappa shape index (κ3) is 2.83. The zero-order valence-corrected chi connectivity index (χ0v) is 13.1. The number of hydrogen-bond acceptors (Lipinski definition) is 5. The van der Waals surface area contributed by atoms with Crippen LogP contribution in [0.2, 0.25) is 0 Å². The van der Waals surface area contributed by atoms with E-state index in [9.17, 15) is 4.79 Å². The second-order valence-corrected chi connectivity index (χ2v) is 7.46. The van der Waals surface area contributed by atoms with E-state index in [2.05, 4.69) is 4.98 Å². The molecule has 0 radical (unpaired) electrons. The van der Waals surface area contributed by atoms with Gasteiger partial charge in [0.05, 0.1) is 11.8 Å². The van der Waals surface area contributed by atoms with Crippen molar-refractivity contribution in [1.29, 1.82) is 0 Å². The molecule has 0 aromatic carbocycles. The van der Waals surface area contributed by atoms with Gasteiger partial charge in [-0.05, 0) is 18.9 Å². The molecule has 3 nitrogen and oxygen atoms in total. The van der Waals surface area contributed by atoms with Crippen LogP contribution in [0.25, 0.3) is 10.1 Å². The van der Waals surface area contributed by atoms with Crippen molar-refractivity contribution in [3.8, 4) is 0 Å². The van der Waals surface area contributed by atoms with Gasteiger partial charge in [-0.3, -0.25) is 4.98 Å². The number of thioether (sulfide) groups is 1. The van der Waals surface area contributed by atoms with Crippen molar-refractivity contribution in [1.82, 2.24) is 4.98 Å². The number of aromatic nitrogens is 1.